The molecule has 0 aromatic carbocycles. The van der Waals surface area contributed by atoms with Crippen LogP contribution in [-0.2, 0) is 16.1 Å². The summed E-state index contributed by atoms with van der Waals surface area (Å²) in [5, 5.41) is 7.47. The molecule has 0 saturated carbocycles. The van der Waals surface area contributed by atoms with Crippen molar-refractivity contribution in [3.8, 4) is 0 Å². The summed E-state index contributed by atoms with van der Waals surface area (Å²) in [6.45, 7) is 9.00. The summed E-state index contributed by atoms with van der Waals surface area (Å²) in [6, 6.07) is 2.68. The second-order valence-corrected chi connectivity index (χ2v) is 6.34. The Balaban J connectivity index is 1.53. The third-order valence-corrected chi connectivity index (χ3v) is 4.35. The number of fused-ring (bicyclic) bond motifs is 1. The third-order valence-electron chi connectivity index (χ3n) is 4.35. The first-order chi connectivity index (χ1) is 10.0. The minimum atomic E-state index is 0.0417. The lowest BCUT2D eigenvalue weighted by Crippen LogP contribution is -2.45. The van der Waals surface area contributed by atoms with Crippen molar-refractivity contribution in [1.29, 1.82) is 0 Å². The monoisotopic (exact) mass is 292 g/mol. The SMILES string of the molecule is Cc1cc(C)n(CC(=O)N[C@@H]2C[C@H]3CO[C@@H](C)CN3C2)n1. The van der Waals surface area contributed by atoms with Crippen LogP contribution in [0.15, 0.2) is 6.07 Å². The predicted octanol–water partition coefficient (Wildman–Crippen LogP) is 0.478. The lowest BCUT2D eigenvalue weighted by Gasteiger charge is -2.33. The summed E-state index contributed by atoms with van der Waals surface area (Å²) in [5.74, 6) is 0.0417. The van der Waals surface area contributed by atoms with Gasteiger partial charge in [0, 0.05) is 30.9 Å². The van der Waals surface area contributed by atoms with Gasteiger partial charge in [-0.1, -0.05) is 0 Å². The van der Waals surface area contributed by atoms with Crippen LogP contribution in [0.4, 0.5) is 0 Å². The minimum Gasteiger partial charge on any atom is -0.376 e. The van der Waals surface area contributed by atoms with E-state index in [4.69, 9.17) is 4.74 Å². The highest BCUT2D eigenvalue weighted by Gasteiger charge is 2.36. The van der Waals surface area contributed by atoms with E-state index in [-0.39, 0.29) is 11.9 Å². The summed E-state index contributed by atoms with van der Waals surface area (Å²) < 4.78 is 7.45. The first-order valence-corrected chi connectivity index (χ1v) is 7.67. The van der Waals surface area contributed by atoms with Gasteiger partial charge >= 0.3 is 0 Å². The van der Waals surface area contributed by atoms with Crippen LogP contribution in [0.25, 0.3) is 0 Å². The Morgan fingerprint density at radius 3 is 3.00 bits per heavy atom. The molecule has 3 atom stereocenters. The summed E-state index contributed by atoms with van der Waals surface area (Å²) in [7, 11) is 0. The maximum Gasteiger partial charge on any atom is 0.242 e. The number of aryl methyl sites for hydroxylation is 2. The number of morpholine rings is 1. The van der Waals surface area contributed by atoms with E-state index >= 15 is 0 Å². The van der Waals surface area contributed by atoms with Crippen LogP contribution in [0, 0.1) is 13.8 Å². The number of carbonyl (C=O) groups is 1. The van der Waals surface area contributed by atoms with E-state index in [9.17, 15) is 4.79 Å². The van der Waals surface area contributed by atoms with Crippen LogP contribution in [0.2, 0.25) is 0 Å². The molecule has 0 aliphatic carbocycles. The number of nitrogens with one attached hydrogen (secondary N) is 1. The van der Waals surface area contributed by atoms with Crippen LogP contribution in [0.5, 0.6) is 0 Å². The van der Waals surface area contributed by atoms with E-state index in [1.165, 1.54) is 0 Å². The van der Waals surface area contributed by atoms with E-state index < -0.39 is 0 Å². The molecule has 2 aliphatic rings. The van der Waals surface area contributed by atoms with Gasteiger partial charge in [0.25, 0.3) is 0 Å². The molecule has 3 rings (SSSR count). The number of nitrogens with zero attached hydrogens (tertiary/aromatic N) is 3. The molecule has 0 spiro atoms. The molecule has 2 fully saturated rings. The molecule has 116 valence electrons. The van der Waals surface area contributed by atoms with Crippen molar-refractivity contribution >= 4 is 5.91 Å². The number of hydrogen-bond acceptors (Lipinski definition) is 4. The number of amides is 1. The molecule has 0 bridgehead atoms. The molecule has 1 N–H and O–H groups in total. The van der Waals surface area contributed by atoms with Crippen molar-refractivity contribution in [3.63, 3.8) is 0 Å². The molecule has 6 nitrogen and oxygen atoms in total. The Kier molecular flexibility index (Phi) is 3.99. The lowest BCUT2D eigenvalue weighted by molar-refractivity contribution is -0.122. The number of rotatable bonds is 3. The van der Waals surface area contributed by atoms with Crippen LogP contribution in [0.1, 0.15) is 24.7 Å². The van der Waals surface area contributed by atoms with E-state index in [0.717, 1.165) is 37.5 Å². The van der Waals surface area contributed by atoms with Gasteiger partial charge in [0.05, 0.1) is 18.4 Å². The van der Waals surface area contributed by atoms with Crippen LogP contribution in [-0.4, -0.2) is 58.5 Å². The van der Waals surface area contributed by atoms with Crippen molar-refractivity contribution in [2.45, 2.75) is 51.9 Å². The number of ether oxygens (including phenoxy) is 1. The van der Waals surface area contributed by atoms with E-state index in [1.54, 1.807) is 4.68 Å². The van der Waals surface area contributed by atoms with Crippen LogP contribution in [0.3, 0.4) is 0 Å². The second-order valence-electron chi connectivity index (χ2n) is 6.34. The molecule has 3 heterocycles. The van der Waals surface area contributed by atoms with Gasteiger partial charge < -0.3 is 10.1 Å². The van der Waals surface area contributed by atoms with Crippen molar-refractivity contribution in [1.82, 2.24) is 20.0 Å². The standard InChI is InChI=1S/C15H24N4O2/c1-10-4-11(2)19(17-10)8-15(20)16-13-5-14-9-21-12(3)6-18(14)7-13/h4,12-14H,5-9H2,1-3H3,(H,16,20)/t12-,13+,14-/m0/s1. The summed E-state index contributed by atoms with van der Waals surface area (Å²) in [5.41, 5.74) is 1.97. The molecular formula is C15H24N4O2. The number of aromatic nitrogens is 2. The molecule has 0 unspecified atom stereocenters. The fourth-order valence-corrected chi connectivity index (χ4v) is 3.39. The van der Waals surface area contributed by atoms with E-state index in [1.807, 2.05) is 19.9 Å². The first kappa shape index (κ1) is 14.5. The summed E-state index contributed by atoms with van der Waals surface area (Å²) in [4.78, 5) is 14.6. The maximum atomic E-state index is 12.2. The molecule has 1 amide bonds. The first-order valence-electron chi connectivity index (χ1n) is 7.67. The lowest BCUT2D eigenvalue weighted by atomic mass is 10.1. The van der Waals surface area contributed by atoms with Crippen molar-refractivity contribution < 1.29 is 9.53 Å². The zero-order chi connectivity index (χ0) is 15.0. The second kappa shape index (κ2) is 5.77. The average molecular weight is 292 g/mol. The average Bonchev–Trinajstić information content (AvgIpc) is 2.91. The maximum absolute atomic E-state index is 12.2. The van der Waals surface area contributed by atoms with Crippen LogP contribution < -0.4 is 5.32 Å². The highest BCUT2D eigenvalue weighted by atomic mass is 16.5. The Hall–Kier alpha value is -1.40. The molecule has 2 saturated heterocycles. The number of hydrogen-bond donors (Lipinski definition) is 1. The van der Waals surface area contributed by atoms with Crippen molar-refractivity contribution in [2.75, 3.05) is 19.7 Å². The van der Waals surface area contributed by atoms with Gasteiger partial charge in [0.2, 0.25) is 5.91 Å². The van der Waals surface area contributed by atoms with Crippen LogP contribution >= 0.6 is 0 Å². The van der Waals surface area contributed by atoms with Gasteiger partial charge in [0.15, 0.2) is 0 Å². The van der Waals surface area contributed by atoms with Gasteiger partial charge in [-0.3, -0.25) is 14.4 Å². The molecule has 6 heteroatoms. The summed E-state index contributed by atoms with van der Waals surface area (Å²) >= 11 is 0. The quantitative estimate of drug-likeness (QED) is 0.880. The fourth-order valence-electron chi connectivity index (χ4n) is 3.39. The van der Waals surface area contributed by atoms with Gasteiger partial charge in [-0.05, 0) is 33.3 Å². The molecule has 1 aromatic rings. The van der Waals surface area contributed by atoms with E-state index in [0.29, 0.717) is 18.7 Å². The van der Waals surface area contributed by atoms with E-state index in [2.05, 4.69) is 22.2 Å². The topological polar surface area (TPSA) is 59.4 Å². The normalized spacial score (nSPS) is 29.4. The smallest absolute Gasteiger partial charge is 0.242 e. The Morgan fingerprint density at radius 1 is 1.48 bits per heavy atom. The Labute approximate surface area is 125 Å². The van der Waals surface area contributed by atoms with Gasteiger partial charge in [-0.15, -0.1) is 0 Å². The molecule has 21 heavy (non-hydrogen) atoms. The summed E-state index contributed by atoms with van der Waals surface area (Å²) in [6.07, 6.45) is 1.28. The van der Waals surface area contributed by atoms with Crippen molar-refractivity contribution in [3.05, 3.63) is 17.5 Å². The Morgan fingerprint density at radius 2 is 2.29 bits per heavy atom. The van der Waals surface area contributed by atoms with Gasteiger partial charge in [-0.2, -0.15) is 5.10 Å². The number of carbonyl (C=O) groups excluding carboxylic acids is 1. The fraction of sp³-hybridized carbons (Fsp3) is 0.733. The van der Waals surface area contributed by atoms with Gasteiger partial charge in [0.1, 0.15) is 6.54 Å². The molecule has 2 aliphatic heterocycles. The molecular weight excluding hydrogens is 268 g/mol. The highest BCUT2D eigenvalue weighted by Crippen LogP contribution is 2.23. The Bertz CT molecular complexity index is 528. The molecule has 0 radical (unpaired) electrons. The largest absolute Gasteiger partial charge is 0.376 e. The zero-order valence-corrected chi connectivity index (χ0v) is 13.0. The van der Waals surface area contributed by atoms with Crippen molar-refractivity contribution in [2.24, 2.45) is 0 Å². The van der Waals surface area contributed by atoms with Gasteiger partial charge in [-0.25, -0.2) is 0 Å². The third kappa shape index (κ3) is 3.27. The minimum absolute atomic E-state index is 0.0417. The molecule has 1 aromatic heterocycles. The predicted molar refractivity (Wildman–Crippen MR) is 79.0 cm³/mol. The highest BCUT2D eigenvalue weighted by molar-refractivity contribution is 5.76. The zero-order valence-electron chi connectivity index (χ0n) is 13.0.